The van der Waals surface area contributed by atoms with E-state index >= 15 is 0 Å². The Morgan fingerprint density at radius 1 is 1.23 bits per heavy atom. The molecule has 0 N–H and O–H groups in total. The molecule has 122 valence electrons. The predicted molar refractivity (Wildman–Crippen MR) is 90.3 cm³/mol. The van der Waals surface area contributed by atoms with Gasteiger partial charge in [-0.05, 0) is 50.4 Å². The van der Waals surface area contributed by atoms with Gasteiger partial charge in [-0.2, -0.15) is 0 Å². The molecule has 2 nitrogen and oxygen atoms in total. The molecule has 1 aliphatic heterocycles. The number of halogens is 1. The number of pyridine rings is 1. The van der Waals surface area contributed by atoms with Crippen LogP contribution in [0.2, 0.25) is 0 Å². The SMILES string of the molecule is C=C(CCCCCCC)C(c1cncc(F)c1)N1CCCC1. The molecule has 1 unspecified atom stereocenters. The van der Waals surface area contributed by atoms with E-state index in [1.807, 2.05) is 0 Å². The van der Waals surface area contributed by atoms with Gasteiger partial charge in [0.1, 0.15) is 5.82 Å². The van der Waals surface area contributed by atoms with Crippen LogP contribution in [0.1, 0.15) is 69.9 Å². The maximum Gasteiger partial charge on any atom is 0.141 e. The molecule has 0 radical (unpaired) electrons. The molecule has 2 rings (SSSR count). The van der Waals surface area contributed by atoms with Gasteiger partial charge in [0.25, 0.3) is 0 Å². The minimum Gasteiger partial charge on any atom is -0.293 e. The fourth-order valence-electron chi connectivity index (χ4n) is 3.37. The molecule has 1 aliphatic rings. The van der Waals surface area contributed by atoms with E-state index < -0.39 is 0 Å². The van der Waals surface area contributed by atoms with E-state index in [-0.39, 0.29) is 11.9 Å². The number of aromatic nitrogens is 1. The van der Waals surface area contributed by atoms with Crippen molar-refractivity contribution in [3.8, 4) is 0 Å². The van der Waals surface area contributed by atoms with Crippen LogP contribution >= 0.6 is 0 Å². The summed E-state index contributed by atoms with van der Waals surface area (Å²) in [4.78, 5) is 6.47. The maximum absolute atomic E-state index is 13.6. The van der Waals surface area contributed by atoms with Gasteiger partial charge in [0.2, 0.25) is 0 Å². The smallest absolute Gasteiger partial charge is 0.141 e. The minimum atomic E-state index is -0.252. The molecule has 1 aromatic rings. The van der Waals surface area contributed by atoms with Gasteiger partial charge < -0.3 is 0 Å². The molecule has 1 saturated heterocycles. The van der Waals surface area contributed by atoms with Gasteiger partial charge in [-0.15, -0.1) is 0 Å². The van der Waals surface area contributed by atoms with Crippen LogP contribution in [-0.4, -0.2) is 23.0 Å². The highest BCUT2D eigenvalue weighted by Gasteiger charge is 2.26. The Kier molecular flexibility index (Phi) is 7.04. The van der Waals surface area contributed by atoms with E-state index in [9.17, 15) is 4.39 Å². The standard InChI is InChI=1S/C19H29FN2/c1-3-4-5-6-7-10-16(2)19(22-11-8-9-12-22)17-13-18(20)15-21-14-17/h13-15,19H,2-12H2,1H3. The Hall–Kier alpha value is -1.22. The van der Waals surface area contributed by atoms with Crippen molar-refractivity contribution in [3.63, 3.8) is 0 Å². The third-order valence-electron chi connectivity index (χ3n) is 4.54. The van der Waals surface area contributed by atoms with E-state index in [0.29, 0.717) is 0 Å². The van der Waals surface area contributed by atoms with Gasteiger partial charge in [0, 0.05) is 6.20 Å². The summed E-state index contributed by atoms with van der Waals surface area (Å²) < 4.78 is 13.6. The average molecular weight is 304 g/mol. The van der Waals surface area contributed by atoms with Crippen LogP contribution in [0.15, 0.2) is 30.6 Å². The van der Waals surface area contributed by atoms with Crippen LogP contribution in [-0.2, 0) is 0 Å². The summed E-state index contributed by atoms with van der Waals surface area (Å²) >= 11 is 0. The summed E-state index contributed by atoms with van der Waals surface area (Å²) in [6.07, 6.45) is 12.9. The number of unbranched alkanes of at least 4 members (excludes halogenated alkanes) is 4. The number of hydrogen-bond acceptors (Lipinski definition) is 2. The highest BCUT2D eigenvalue weighted by Crippen LogP contribution is 2.33. The first-order valence-corrected chi connectivity index (χ1v) is 8.74. The lowest BCUT2D eigenvalue weighted by Crippen LogP contribution is -2.27. The lowest BCUT2D eigenvalue weighted by Gasteiger charge is -2.29. The monoisotopic (exact) mass is 304 g/mol. The van der Waals surface area contributed by atoms with E-state index in [0.717, 1.165) is 25.1 Å². The molecule has 0 bridgehead atoms. The van der Waals surface area contributed by atoms with Crippen molar-refractivity contribution in [2.75, 3.05) is 13.1 Å². The molecule has 0 aromatic carbocycles. The molecule has 1 fully saturated rings. The van der Waals surface area contributed by atoms with E-state index in [4.69, 9.17) is 0 Å². The van der Waals surface area contributed by atoms with Crippen LogP contribution in [0, 0.1) is 5.82 Å². The molecule has 3 heteroatoms. The van der Waals surface area contributed by atoms with Crippen molar-refractivity contribution in [1.29, 1.82) is 0 Å². The molecule has 1 aromatic heterocycles. The summed E-state index contributed by atoms with van der Waals surface area (Å²) in [6, 6.07) is 1.76. The lowest BCUT2D eigenvalue weighted by molar-refractivity contribution is 0.271. The number of hydrogen-bond donors (Lipinski definition) is 0. The van der Waals surface area contributed by atoms with Crippen LogP contribution in [0.4, 0.5) is 4.39 Å². The molecular weight excluding hydrogens is 275 g/mol. The van der Waals surface area contributed by atoms with Crippen molar-refractivity contribution in [1.82, 2.24) is 9.88 Å². The van der Waals surface area contributed by atoms with Crippen LogP contribution in [0.25, 0.3) is 0 Å². The molecule has 1 atom stereocenters. The Bertz CT molecular complexity index is 466. The first kappa shape index (κ1) is 17.1. The fraction of sp³-hybridized carbons (Fsp3) is 0.632. The zero-order valence-corrected chi connectivity index (χ0v) is 13.9. The van der Waals surface area contributed by atoms with E-state index in [1.54, 1.807) is 12.3 Å². The number of rotatable bonds is 9. The topological polar surface area (TPSA) is 16.1 Å². The minimum absolute atomic E-state index is 0.136. The summed E-state index contributed by atoms with van der Waals surface area (Å²) in [5.74, 6) is -0.252. The number of nitrogens with zero attached hydrogens (tertiary/aromatic N) is 2. The second-order valence-electron chi connectivity index (χ2n) is 6.40. The highest BCUT2D eigenvalue weighted by atomic mass is 19.1. The first-order valence-electron chi connectivity index (χ1n) is 8.74. The Labute approximate surface area is 134 Å². The van der Waals surface area contributed by atoms with Gasteiger partial charge in [-0.3, -0.25) is 9.88 Å². The zero-order chi connectivity index (χ0) is 15.8. The van der Waals surface area contributed by atoms with Gasteiger partial charge >= 0.3 is 0 Å². The Morgan fingerprint density at radius 2 is 1.95 bits per heavy atom. The summed E-state index contributed by atoms with van der Waals surface area (Å²) in [5, 5.41) is 0. The van der Waals surface area contributed by atoms with Crippen molar-refractivity contribution >= 4 is 0 Å². The summed E-state index contributed by atoms with van der Waals surface area (Å²) in [7, 11) is 0. The summed E-state index contributed by atoms with van der Waals surface area (Å²) in [5.41, 5.74) is 2.17. The Balaban J connectivity index is 1.99. The largest absolute Gasteiger partial charge is 0.293 e. The third kappa shape index (κ3) is 4.91. The van der Waals surface area contributed by atoms with Crippen molar-refractivity contribution < 1.29 is 4.39 Å². The molecule has 0 saturated carbocycles. The van der Waals surface area contributed by atoms with E-state index in [1.165, 1.54) is 56.7 Å². The molecule has 0 spiro atoms. The van der Waals surface area contributed by atoms with Crippen molar-refractivity contribution in [2.24, 2.45) is 0 Å². The highest BCUT2D eigenvalue weighted by molar-refractivity contribution is 5.25. The van der Waals surface area contributed by atoms with Crippen molar-refractivity contribution in [2.45, 2.75) is 64.3 Å². The second kappa shape index (κ2) is 9.04. The van der Waals surface area contributed by atoms with Gasteiger partial charge in [-0.1, -0.05) is 44.8 Å². The predicted octanol–water partition coefficient (Wildman–Crippen LogP) is 5.27. The quantitative estimate of drug-likeness (QED) is 0.456. The summed E-state index contributed by atoms with van der Waals surface area (Å²) in [6.45, 7) is 8.73. The van der Waals surface area contributed by atoms with Gasteiger partial charge in [0.05, 0.1) is 12.2 Å². The third-order valence-corrected chi connectivity index (χ3v) is 4.54. The Morgan fingerprint density at radius 3 is 2.64 bits per heavy atom. The van der Waals surface area contributed by atoms with Crippen LogP contribution < -0.4 is 0 Å². The fourth-order valence-corrected chi connectivity index (χ4v) is 3.37. The normalized spacial score (nSPS) is 16.8. The second-order valence-corrected chi connectivity index (χ2v) is 6.40. The number of likely N-dealkylation sites (tertiary alicyclic amines) is 1. The molecule has 2 heterocycles. The molecular formula is C19H29FN2. The maximum atomic E-state index is 13.6. The van der Waals surface area contributed by atoms with Crippen molar-refractivity contribution in [3.05, 3.63) is 42.0 Å². The molecule has 0 amide bonds. The van der Waals surface area contributed by atoms with Gasteiger partial charge in [0.15, 0.2) is 0 Å². The first-order chi connectivity index (χ1) is 10.7. The average Bonchev–Trinajstić information content (AvgIpc) is 3.01. The van der Waals surface area contributed by atoms with Crippen LogP contribution in [0.3, 0.4) is 0 Å². The zero-order valence-electron chi connectivity index (χ0n) is 13.9. The van der Waals surface area contributed by atoms with E-state index in [2.05, 4.69) is 23.4 Å². The van der Waals surface area contributed by atoms with Crippen LogP contribution in [0.5, 0.6) is 0 Å². The van der Waals surface area contributed by atoms with Gasteiger partial charge in [-0.25, -0.2) is 4.39 Å². The molecule has 0 aliphatic carbocycles. The lowest BCUT2D eigenvalue weighted by atomic mass is 9.95. The molecule has 22 heavy (non-hydrogen) atoms.